The first-order valence-corrected chi connectivity index (χ1v) is 4.39. The predicted molar refractivity (Wildman–Crippen MR) is 46.8 cm³/mol. The number of nitrogens with zero attached hydrogens (tertiary/aromatic N) is 3. The molecule has 4 nitrogen and oxygen atoms in total. The van der Waals surface area contributed by atoms with E-state index in [1.165, 1.54) is 0 Å². The van der Waals surface area contributed by atoms with Crippen molar-refractivity contribution in [3.05, 3.63) is 6.33 Å². The van der Waals surface area contributed by atoms with Gasteiger partial charge in [-0.2, -0.15) is 10.1 Å². The average molecular weight is 166 g/mol. The molecule has 66 valence electrons. The van der Waals surface area contributed by atoms with Crippen LogP contribution in [-0.4, -0.2) is 21.3 Å². The van der Waals surface area contributed by atoms with E-state index in [4.69, 9.17) is 0 Å². The van der Waals surface area contributed by atoms with Crippen molar-refractivity contribution < 1.29 is 0 Å². The molecule has 0 amide bonds. The lowest BCUT2D eigenvalue weighted by molar-refractivity contribution is 0.321. The Balaban J connectivity index is 2.15. The normalized spacial score (nSPS) is 22.1. The zero-order chi connectivity index (χ0) is 8.55. The Kier molecular flexibility index (Phi) is 1.75. The van der Waals surface area contributed by atoms with Gasteiger partial charge in [-0.25, -0.2) is 4.68 Å². The minimum Gasteiger partial charge on any atom is -0.354 e. The third-order valence-electron chi connectivity index (χ3n) is 2.49. The molecule has 2 rings (SSSR count). The summed E-state index contributed by atoms with van der Waals surface area (Å²) in [5, 5.41) is 7.40. The van der Waals surface area contributed by atoms with Gasteiger partial charge in [0.15, 0.2) is 0 Å². The molecule has 1 aliphatic rings. The first-order chi connectivity index (χ1) is 5.77. The summed E-state index contributed by atoms with van der Waals surface area (Å²) in [4.78, 5) is 4.09. The molecular formula is C8H14N4. The Hall–Kier alpha value is -1.06. The molecule has 1 unspecified atom stereocenters. The van der Waals surface area contributed by atoms with Crippen molar-refractivity contribution in [1.82, 2.24) is 14.8 Å². The van der Waals surface area contributed by atoms with Gasteiger partial charge >= 0.3 is 0 Å². The Morgan fingerprint density at radius 2 is 2.50 bits per heavy atom. The molecule has 4 heteroatoms. The van der Waals surface area contributed by atoms with E-state index in [-0.39, 0.29) is 0 Å². The zero-order valence-electron chi connectivity index (χ0n) is 7.49. The quantitative estimate of drug-likeness (QED) is 0.676. The first kappa shape index (κ1) is 7.58. The molecule has 12 heavy (non-hydrogen) atoms. The van der Waals surface area contributed by atoms with Crippen LogP contribution in [0.2, 0.25) is 0 Å². The van der Waals surface area contributed by atoms with Crippen LogP contribution in [0.25, 0.3) is 0 Å². The predicted octanol–water partition coefficient (Wildman–Crippen LogP) is 0.976. The maximum absolute atomic E-state index is 4.13. The highest BCUT2D eigenvalue weighted by Crippen LogP contribution is 2.19. The molecule has 1 aromatic rings. The number of hydrogen-bond donors (Lipinski definition) is 1. The van der Waals surface area contributed by atoms with E-state index in [1.807, 2.05) is 4.68 Å². The van der Waals surface area contributed by atoms with E-state index < -0.39 is 0 Å². The highest BCUT2D eigenvalue weighted by Gasteiger charge is 2.21. The number of anilines is 1. The van der Waals surface area contributed by atoms with Gasteiger partial charge in [0.05, 0.1) is 0 Å². The fourth-order valence-corrected chi connectivity index (χ4v) is 1.49. The van der Waals surface area contributed by atoms with Crippen LogP contribution < -0.4 is 5.32 Å². The van der Waals surface area contributed by atoms with Crippen LogP contribution in [0.3, 0.4) is 0 Å². The molecule has 0 aromatic carbocycles. The number of fused-ring (bicyclic) bond motifs is 1. The third-order valence-corrected chi connectivity index (χ3v) is 2.49. The Bertz CT molecular complexity index is 266. The molecule has 1 aromatic heterocycles. The second kappa shape index (κ2) is 2.77. The number of rotatable bonds is 1. The summed E-state index contributed by atoms with van der Waals surface area (Å²) >= 11 is 0. The molecule has 0 bridgehead atoms. The van der Waals surface area contributed by atoms with Crippen LogP contribution in [-0.2, 0) is 6.54 Å². The van der Waals surface area contributed by atoms with Crippen molar-refractivity contribution in [2.45, 2.75) is 20.4 Å². The van der Waals surface area contributed by atoms with E-state index in [2.05, 4.69) is 29.2 Å². The summed E-state index contributed by atoms with van der Waals surface area (Å²) < 4.78 is 1.94. The monoisotopic (exact) mass is 166 g/mol. The first-order valence-electron chi connectivity index (χ1n) is 4.39. The van der Waals surface area contributed by atoms with Crippen molar-refractivity contribution >= 4 is 5.95 Å². The SMILES string of the molecule is CC(C)C1CNc2ncnn2C1. The van der Waals surface area contributed by atoms with Gasteiger partial charge in [0.2, 0.25) is 5.95 Å². The number of aromatic nitrogens is 3. The van der Waals surface area contributed by atoms with Crippen molar-refractivity contribution in [3.8, 4) is 0 Å². The van der Waals surface area contributed by atoms with Gasteiger partial charge in [-0.1, -0.05) is 13.8 Å². The second-order valence-electron chi connectivity index (χ2n) is 3.65. The van der Waals surface area contributed by atoms with Crippen LogP contribution in [0.5, 0.6) is 0 Å². The Morgan fingerprint density at radius 1 is 1.67 bits per heavy atom. The summed E-state index contributed by atoms with van der Waals surface area (Å²) in [6.07, 6.45) is 1.60. The lowest BCUT2D eigenvalue weighted by Crippen LogP contribution is -2.31. The molecule has 1 atom stereocenters. The van der Waals surface area contributed by atoms with Gasteiger partial charge in [0.25, 0.3) is 0 Å². The molecule has 0 saturated carbocycles. The minimum atomic E-state index is 0.680. The summed E-state index contributed by atoms with van der Waals surface area (Å²) in [6, 6.07) is 0. The van der Waals surface area contributed by atoms with E-state index in [1.54, 1.807) is 6.33 Å². The van der Waals surface area contributed by atoms with Gasteiger partial charge < -0.3 is 5.32 Å². The van der Waals surface area contributed by atoms with Gasteiger partial charge in [0.1, 0.15) is 6.33 Å². The van der Waals surface area contributed by atoms with Gasteiger partial charge in [-0.05, 0) is 11.8 Å². The molecular weight excluding hydrogens is 152 g/mol. The molecule has 1 aliphatic heterocycles. The molecule has 0 fully saturated rings. The highest BCUT2D eigenvalue weighted by atomic mass is 15.4. The third kappa shape index (κ3) is 1.17. The maximum atomic E-state index is 4.13. The van der Waals surface area contributed by atoms with Crippen LogP contribution in [0.4, 0.5) is 5.95 Å². The minimum absolute atomic E-state index is 0.680. The summed E-state index contributed by atoms with van der Waals surface area (Å²) in [7, 11) is 0. The average Bonchev–Trinajstić information content (AvgIpc) is 2.49. The second-order valence-corrected chi connectivity index (χ2v) is 3.65. The molecule has 2 heterocycles. The Labute approximate surface area is 72.0 Å². The standard InChI is InChI=1S/C8H14N4/c1-6(2)7-3-9-8-10-5-11-12(8)4-7/h5-7H,3-4H2,1-2H3,(H,9,10,11). The van der Waals surface area contributed by atoms with Crippen LogP contribution >= 0.6 is 0 Å². The Morgan fingerprint density at radius 3 is 3.25 bits per heavy atom. The topological polar surface area (TPSA) is 42.7 Å². The molecule has 0 saturated heterocycles. The lowest BCUT2D eigenvalue weighted by Gasteiger charge is -2.26. The van der Waals surface area contributed by atoms with E-state index >= 15 is 0 Å². The lowest BCUT2D eigenvalue weighted by atomic mass is 9.95. The smallest absolute Gasteiger partial charge is 0.221 e. The van der Waals surface area contributed by atoms with Crippen molar-refractivity contribution in [3.63, 3.8) is 0 Å². The molecule has 1 N–H and O–H groups in total. The van der Waals surface area contributed by atoms with Crippen molar-refractivity contribution in [2.24, 2.45) is 11.8 Å². The highest BCUT2D eigenvalue weighted by molar-refractivity contribution is 5.25. The molecule has 0 radical (unpaired) electrons. The number of hydrogen-bond acceptors (Lipinski definition) is 3. The summed E-state index contributed by atoms with van der Waals surface area (Å²) in [6.45, 7) is 6.51. The fraction of sp³-hybridized carbons (Fsp3) is 0.750. The fourth-order valence-electron chi connectivity index (χ4n) is 1.49. The summed E-state index contributed by atoms with van der Waals surface area (Å²) in [5.74, 6) is 2.29. The van der Waals surface area contributed by atoms with E-state index in [9.17, 15) is 0 Å². The van der Waals surface area contributed by atoms with Gasteiger partial charge in [-0.15, -0.1) is 0 Å². The molecule has 0 spiro atoms. The van der Waals surface area contributed by atoms with Crippen LogP contribution in [0, 0.1) is 11.8 Å². The zero-order valence-corrected chi connectivity index (χ0v) is 7.49. The summed E-state index contributed by atoms with van der Waals surface area (Å²) in [5.41, 5.74) is 0. The van der Waals surface area contributed by atoms with Crippen LogP contribution in [0.1, 0.15) is 13.8 Å². The van der Waals surface area contributed by atoms with Crippen molar-refractivity contribution in [1.29, 1.82) is 0 Å². The van der Waals surface area contributed by atoms with E-state index in [0.717, 1.165) is 19.0 Å². The van der Waals surface area contributed by atoms with Crippen LogP contribution in [0.15, 0.2) is 6.33 Å². The maximum Gasteiger partial charge on any atom is 0.221 e. The number of nitrogens with one attached hydrogen (secondary N) is 1. The van der Waals surface area contributed by atoms with Gasteiger partial charge in [0, 0.05) is 13.1 Å². The molecule has 0 aliphatic carbocycles. The largest absolute Gasteiger partial charge is 0.354 e. The van der Waals surface area contributed by atoms with Crippen molar-refractivity contribution in [2.75, 3.05) is 11.9 Å². The van der Waals surface area contributed by atoms with Gasteiger partial charge in [-0.3, -0.25) is 0 Å². The van der Waals surface area contributed by atoms with E-state index in [0.29, 0.717) is 11.8 Å².